The van der Waals surface area contributed by atoms with Gasteiger partial charge in [0.15, 0.2) is 0 Å². The van der Waals surface area contributed by atoms with Crippen LogP contribution >= 0.6 is 15.9 Å². The number of aliphatic hydroxyl groups excluding tert-OH is 1. The number of aromatic nitrogens is 1. The Hall–Kier alpha value is -1.14. The molecule has 1 saturated heterocycles. The first-order chi connectivity index (χ1) is 7.09. The summed E-state index contributed by atoms with van der Waals surface area (Å²) in [4.78, 5) is 27.2. The number of carbonyl (C=O) groups excluding carboxylic acids is 1. The molecule has 1 aromatic rings. The molecular formula is C9H9BrN2O3. The van der Waals surface area contributed by atoms with Gasteiger partial charge in [-0.15, -0.1) is 0 Å². The number of hydrogen-bond acceptors (Lipinski definition) is 3. The van der Waals surface area contributed by atoms with E-state index in [0.717, 1.165) is 0 Å². The van der Waals surface area contributed by atoms with Crippen molar-refractivity contribution in [1.82, 2.24) is 4.98 Å². The molecule has 2 N–H and O–H groups in total. The van der Waals surface area contributed by atoms with E-state index in [2.05, 4.69) is 20.9 Å². The van der Waals surface area contributed by atoms with Gasteiger partial charge in [-0.3, -0.25) is 9.59 Å². The third kappa shape index (κ3) is 1.82. The van der Waals surface area contributed by atoms with Gasteiger partial charge in [-0.05, 0) is 15.9 Å². The lowest BCUT2D eigenvalue weighted by atomic mass is 10.3. The molecule has 15 heavy (non-hydrogen) atoms. The smallest absolute Gasteiger partial charge is 0.229 e. The average molecular weight is 273 g/mol. The zero-order valence-corrected chi connectivity index (χ0v) is 9.32. The molecule has 1 aliphatic rings. The molecule has 0 aliphatic carbocycles. The number of halogens is 1. The Morgan fingerprint density at radius 3 is 2.80 bits per heavy atom. The van der Waals surface area contributed by atoms with Crippen LogP contribution in [0.4, 0.5) is 5.69 Å². The van der Waals surface area contributed by atoms with Crippen LogP contribution in [0.15, 0.2) is 21.7 Å². The van der Waals surface area contributed by atoms with E-state index in [-0.39, 0.29) is 30.0 Å². The topological polar surface area (TPSA) is 73.4 Å². The number of pyridine rings is 1. The van der Waals surface area contributed by atoms with E-state index < -0.39 is 6.10 Å². The van der Waals surface area contributed by atoms with Crippen LogP contribution in [0.2, 0.25) is 0 Å². The SMILES string of the molecule is O=C1CC(O)CN1c1c[nH]cc(Br)c1=O. The maximum absolute atomic E-state index is 11.7. The summed E-state index contributed by atoms with van der Waals surface area (Å²) in [7, 11) is 0. The predicted molar refractivity (Wildman–Crippen MR) is 57.7 cm³/mol. The largest absolute Gasteiger partial charge is 0.391 e. The standard InChI is InChI=1S/C9H9BrN2O3/c10-6-2-11-3-7(9(6)15)12-4-5(13)1-8(12)14/h2-3,5,13H,1,4H2,(H,11,15). The minimum absolute atomic E-state index is 0.0754. The first-order valence-corrected chi connectivity index (χ1v) is 5.24. The minimum Gasteiger partial charge on any atom is -0.391 e. The lowest BCUT2D eigenvalue weighted by molar-refractivity contribution is -0.117. The van der Waals surface area contributed by atoms with Crippen molar-refractivity contribution in [3.63, 3.8) is 0 Å². The van der Waals surface area contributed by atoms with Crippen molar-refractivity contribution in [3.05, 3.63) is 27.1 Å². The minimum atomic E-state index is -0.684. The highest BCUT2D eigenvalue weighted by atomic mass is 79.9. The summed E-state index contributed by atoms with van der Waals surface area (Å²) in [5, 5.41) is 9.31. The first kappa shape index (κ1) is 10.4. The highest BCUT2D eigenvalue weighted by Gasteiger charge is 2.30. The average Bonchev–Trinajstić information content (AvgIpc) is 2.50. The summed E-state index contributed by atoms with van der Waals surface area (Å²) in [5.74, 6) is -0.230. The number of β-amino-alcohol motifs (C(OH)–C–C–N with tert-alkyl or cyclic N) is 1. The van der Waals surface area contributed by atoms with Crippen LogP contribution in [0.25, 0.3) is 0 Å². The molecule has 2 heterocycles. The molecule has 1 aromatic heterocycles. The van der Waals surface area contributed by atoms with Gasteiger partial charge in [0.25, 0.3) is 0 Å². The summed E-state index contributed by atoms with van der Waals surface area (Å²) in [6, 6.07) is 0. The molecule has 0 radical (unpaired) electrons. The molecular weight excluding hydrogens is 264 g/mol. The fraction of sp³-hybridized carbons (Fsp3) is 0.333. The monoisotopic (exact) mass is 272 g/mol. The Labute approximate surface area is 93.8 Å². The molecule has 1 atom stereocenters. The van der Waals surface area contributed by atoms with Crippen LogP contribution in [0.3, 0.4) is 0 Å². The number of amides is 1. The molecule has 80 valence electrons. The number of nitrogens with zero attached hydrogens (tertiary/aromatic N) is 1. The van der Waals surface area contributed by atoms with Crippen LogP contribution in [0, 0.1) is 0 Å². The van der Waals surface area contributed by atoms with E-state index >= 15 is 0 Å². The fourth-order valence-electron chi connectivity index (χ4n) is 1.57. The molecule has 0 saturated carbocycles. The van der Waals surface area contributed by atoms with E-state index in [9.17, 15) is 14.7 Å². The van der Waals surface area contributed by atoms with Crippen LogP contribution < -0.4 is 10.3 Å². The number of aromatic amines is 1. The van der Waals surface area contributed by atoms with Gasteiger partial charge in [-0.25, -0.2) is 0 Å². The summed E-state index contributed by atoms with van der Waals surface area (Å²) >= 11 is 3.08. The maximum Gasteiger partial charge on any atom is 0.229 e. The van der Waals surface area contributed by atoms with Crippen LogP contribution in [-0.4, -0.2) is 28.6 Å². The summed E-state index contributed by atoms with van der Waals surface area (Å²) in [6.45, 7) is 0.179. The van der Waals surface area contributed by atoms with Gasteiger partial charge in [0.05, 0.1) is 23.5 Å². The maximum atomic E-state index is 11.7. The van der Waals surface area contributed by atoms with Gasteiger partial charge in [0.1, 0.15) is 5.69 Å². The van der Waals surface area contributed by atoms with E-state index in [1.165, 1.54) is 17.3 Å². The lowest BCUT2D eigenvalue weighted by Crippen LogP contribution is -2.30. The number of carbonyl (C=O) groups is 1. The lowest BCUT2D eigenvalue weighted by Gasteiger charge is -2.14. The second kappa shape index (κ2) is 3.79. The van der Waals surface area contributed by atoms with Crippen molar-refractivity contribution in [3.8, 4) is 0 Å². The molecule has 0 bridgehead atoms. The quantitative estimate of drug-likeness (QED) is 0.769. The van der Waals surface area contributed by atoms with Gasteiger partial charge in [0.2, 0.25) is 11.3 Å². The highest BCUT2D eigenvalue weighted by Crippen LogP contribution is 2.18. The zero-order chi connectivity index (χ0) is 11.0. The van der Waals surface area contributed by atoms with Crippen LogP contribution in [0.5, 0.6) is 0 Å². The van der Waals surface area contributed by atoms with Crippen molar-refractivity contribution >= 4 is 27.5 Å². The van der Waals surface area contributed by atoms with Crippen LogP contribution in [-0.2, 0) is 4.79 Å². The molecule has 1 aliphatic heterocycles. The van der Waals surface area contributed by atoms with Crippen molar-refractivity contribution < 1.29 is 9.90 Å². The molecule has 6 heteroatoms. The summed E-state index contributed by atoms with van der Waals surface area (Å²) < 4.78 is 0.370. The Bertz CT molecular complexity index is 457. The van der Waals surface area contributed by atoms with Gasteiger partial charge in [-0.2, -0.15) is 0 Å². The molecule has 1 unspecified atom stereocenters. The van der Waals surface area contributed by atoms with Crippen LogP contribution in [0.1, 0.15) is 6.42 Å². The number of rotatable bonds is 1. The highest BCUT2D eigenvalue weighted by molar-refractivity contribution is 9.10. The number of nitrogens with one attached hydrogen (secondary N) is 1. The van der Waals surface area contributed by atoms with Crippen molar-refractivity contribution in [1.29, 1.82) is 0 Å². The van der Waals surface area contributed by atoms with E-state index in [1.807, 2.05) is 0 Å². The Balaban J connectivity index is 2.42. The zero-order valence-electron chi connectivity index (χ0n) is 7.74. The third-order valence-electron chi connectivity index (χ3n) is 2.28. The molecule has 2 rings (SSSR count). The second-order valence-corrected chi connectivity index (χ2v) is 4.23. The van der Waals surface area contributed by atoms with Crippen molar-refractivity contribution in [2.24, 2.45) is 0 Å². The molecule has 0 aromatic carbocycles. The predicted octanol–water partition coefficient (Wildman–Crippen LogP) is 0.235. The van der Waals surface area contributed by atoms with Gasteiger partial charge >= 0.3 is 0 Å². The van der Waals surface area contributed by atoms with E-state index in [0.29, 0.717) is 4.47 Å². The number of anilines is 1. The van der Waals surface area contributed by atoms with Crippen molar-refractivity contribution in [2.75, 3.05) is 11.4 Å². The Morgan fingerprint density at radius 1 is 1.47 bits per heavy atom. The van der Waals surface area contributed by atoms with Gasteiger partial charge in [-0.1, -0.05) is 0 Å². The number of H-pyrrole nitrogens is 1. The number of hydrogen-bond donors (Lipinski definition) is 2. The Morgan fingerprint density at radius 2 is 2.20 bits per heavy atom. The summed E-state index contributed by atoms with van der Waals surface area (Å²) in [5.41, 5.74) is 0.0159. The van der Waals surface area contributed by atoms with Gasteiger partial charge in [0, 0.05) is 12.4 Å². The fourth-order valence-corrected chi connectivity index (χ4v) is 1.90. The number of aliphatic hydroxyl groups is 1. The second-order valence-electron chi connectivity index (χ2n) is 3.38. The van der Waals surface area contributed by atoms with E-state index in [1.54, 1.807) is 0 Å². The molecule has 1 fully saturated rings. The Kier molecular flexibility index (Phi) is 2.62. The third-order valence-corrected chi connectivity index (χ3v) is 2.86. The molecule has 1 amide bonds. The molecule has 0 spiro atoms. The van der Waals surface area contributed by atoms with Gasteiger partial charge < -0.3 is 15.0 Å². The summed E-state index contributed by atoms with van der Waals surface area (Å²) in [6.07, 6.45) is 2.36. The first-order valence-electron chi connectivity index (χ1n) is 4.44. The normalized spacial score (nSPS) is 21.1. The molecule has 5 nitrogen and oxygen atoms in total. The van der Waals surface area contributed by atoms with Crippen molar-refractivity contribution in [2.45, 2.75) is 12.5 Å². The van der Waals surface area contributed by atoms with E-state index in [4.69, 9.17) is 0 Å².